The molecule has 2 amide bonds. The fraction of sp³-hybridized carbons (Fsp3) is 0.400. The van der Waals surface area contributed by atoms with Crippen LogP contribution in [0.5, 0.6) is 0 Å². The third-order valence-electron chi connectivity index (χ3n) is 4.45. The van der Waals surface area contributed by atoms with Crippen molar-refractivity contribution in [2.75, 3.05) is 24.5 Å². The average molecular weight is 389 g/mol. The first-order valence-electron chi connectivity index (χ1n) is 9.18. The molecule has 28 heavy (non-hydrogen) atoms. The lowest BCUT2D eigenvalue weighted by atomic mass is 10.1. The molecule has 2 heterocycles. The summed E-state index contributed by atoms with van der Waals surface area (Å²) in [6.45, 7) is 5.20. The Kier molecular flexibility index (Phi) is 6.30. The monoisotopic (exact) mass is 389 g/mol. The summed E-state index contributed by atoms with van der Waals surface area (Å²) < 4.78 is 25.1. The zero-order valence-electron chi connectivity index (χ0n) is 15.9. The quantitative estimate of drug-likeness (QED) is 0.790. The van der Waals surface area contributed by atoms with Gasteiger partial charge in [-0.25, -0.2) is 4.39 Å². The van der Waals surface area contributed by atoms with E-state index in [2.05, 4.69) is 10.6 Å². The minimum atomic E-state index is -0.395. The van der Waals surface area contributed by atoms with Gasteiger partial charge in [-0.1, -0.05) is 6.07 Å². The number of furan rings is 1. The Morgan fingerprint density at radius 1 is 1.18 bits per heavy atom. The molecule has 0 aliphatic carbocycles. The summed E-state index contributed by atoms with van der Waals surface area (Å²) in [6, 6.07) is 6.44. The fourth-order valence-electron chi connectivity index (χ4n) is 3.21. The van der Waals surface area contributed by atoms with E-state index in [1.165, 1.54) is 24.7 Å². The van der Waals surface area contributed by atoms with Crippen molar-refractivity contribution in [2.24, 2.45) is 0 Å². The van der Waals surface area contributed by atoms with Gasteiger partial charge in [-0.2, -0.15) is 0 Å². The van der Waals surface area contributed by atoms with Crippen LogP contribution in [0.15, 0.2) is 41.2 Å². The first kappa shape index (κ1) is 19.9. The molecule has 2 unspecified atom stereocenters. The smallest absolute Gasteiger partial charge is 0.254 e. The standard InChI is InChI=1S/C20H24FN3O4/c1-13-10-24(11-14(2)28-13)18-4-3-15(7-17(18)21)8-22-19(25)9-23-20(26)16-5-6-27-12-16/h3-7,12-14H,8-11H2,1-2H3,(H,22,25)(H,23,26). The normalized spacial score (nSPS) is 19.3. The molecule has 8 heteroatoms. The number of benzene rings is 1. The predicted molar refractivity (Wildman–Crippen MR) is 102 cm³/mol. The molecular weight excluding hydrogens is 365 g/mol. The number of hydrogen-bond donors (Lipinski definition) is 2. The van der Waals surface area contributed by atoms with Gasteiger partial charge in [0.25, 0.3) is 5.91 Å². The largest absolute Gasteiger partial charge is 0.472 e. The summed E-state index contributed by atoms with van der Waals surface area (Å²) in [6.07, 6.45) is 2.76. The number of ether oxygens (including phenoxy) is 1. The van der Waals surface area contributed by atoms with Gasteiger partial charge >= 0.3 is 0 Å². The molecule has 0 spiro atoms. The van der Waals surface area contributed by atoms with Crippen molar-refractivity contribution in [3.63, 3.8) is 0 Å². The molecule has 2 atom stereocenters. The number of amides is 2. The third-order valence-corrected chi connectivity index (χ3v) is 4.45. The molecule has 150 valence electrons. The number of halogens is 1. The Balaban J connectivity index is 1.50. The van der Waals surface area contributed by atoms with E-state index in [1.807, 2.05) is 18.7 Å². The van der Waals surface area contributed by atoms with Gasteiger partial charge in [0.2, 0.25) is 5.91 Å². The van der Waals surface area contributed by atoms with Gasteiger partial charge < -0.3 is 24.7 Å². The molecule has 2 aromatic rings. The molecular formula is C20H24FN3O4. The van der Waals surface area contributed by atoms with Crippen molar-refractivity contribution >= 4 is 17.5 Å². The highest BCUT2D eigenvalue weighted by Gasteiger charge is 2.24. The van der Waals surface area contributed by atoms with E-state index in [0.29, 0.717) is 29.9 Å². The van der Waals surface area contributed by atoms with Crippen molar-refractivity contribution in [2.45, 2.75) is 32.6 Å². The lowest BCUT2D eigenvalue weighted by molar-refractivity contribution is -0.120. The van der Waals surface area contributed by atoms with Gasteiger partial charge in [0.05, 0.1) is 36.3 Å². The first-order valence-corrected chi connectivity index (χ1v) is 9.18. The van der Waals surface area contributed by atoms with Crippen LogP contribution < -0.4 is 15.5 Å². The first-order chi connectivity index (χ1) is 13.4. The number of morpholine rings is 1. The summed E-state index contributed by atoms with van der Waals surface area (Å²) in [7, 11) is 0. The number of nitrogens with one attached hydrogen (secondary N) is 2. The van der Waals surface area contributed by atoms with Gasteiger partial charge in [-0.15, -0.1) is 0 Å². The maximum absolute atomic E-state index is 14.6. The molecule has 1 saturated heterocycles. The van der Waals surface area contributed by atoms with Crippen LogP contribution in [0.4, 0.5) is 10.1 Å². The van der Waals surface area contributed by atoms with Crippen LogP contribution in [-0.4, -0.2) is 43.7 Å². The average Bonchev–Trinajstić information content (AvgIpc) is 3.18. The van der Waals surface area contributed by atoms with Crippen molar-refractivity contribution in [3.05, 3.63) is 53.7 Å². The molecule has 0 saturated carbocycles. The lowest BCUT2D eigenvalue weighted by Gasteiger charge is -2.37. The zero-order chi connectivity index (χ0) is 20.1. The molecule has 1 aromatic carbocycles. The second-order valence-electron chi connectivity index (χ2n) is 6.92. The molecule has 3 rings (SSSR count). The molecule has 7 nitrogen and oxygen atoms in total. The van der Waals surface area contributed by atoms with Crippen molar-refractivity contribution in [1.29, 1.82) is 0 Å². The second-order valence-corrected chi connectivity index (χ2v) is 6.92. The van der Waals surface area contributed by atoms with E-state index >= 15 is 0 Å². The zero-order valence-corrected chi connectivity index (χ0v) is 15.9. The highest BCUT2D eigenvalue weighted by atomic mass is 19.1. The number of nitrogens with zero attached hydrogens (tertiary/aromatic N) is 1. The predicted octanol–water partition coefficient (Wildman–Crippen LogP) is 2.08. The van der Waals surface area contributed by atoms with Crippen LogP contribution in [0.25, 0.3) is 0 Å². The number of anilines is 1. The van der Waals surface area contributed by atoms with Crippen LogP contribution in [0.2, 0.25) is 0 Å². The van der Waals surface area contributed by atoms with Gasteiger partial charge in [-0.05, 0) is 37.6 Å². The van der Waals surface area contributed by atoms with Gasteiger partial charge in [-0.3, -0.25) is 9.59 Å². The van der Waals surface area contributed by atoms with E-state index in [-0.39, 0.29) is 37.0 Å². The van der Waals surface area contributed by atoms with Gasteiger partial charge in [0.1, 0.15) is 12.1 Å². The van der Waals surface area contributed by atoms with E-state index in [9.17, 15) is 14.0 Å². The highest BCUT2D eigenvalue weighted by Crippen LogP contribution is 2.24. The molecule has 0 bridgehead atoms. The van der Waals surface area contributed by atoms with E-state index in [4.69, 9.17) is 9.15 Å². The Morgan fingerprint density at radius 3 is 2.57 bits per heavy atom. The summed E-state index contributed by atoms with van der Waals surface area (Å²) in [5.74, 6) is -1.09. The molecule has 2 N–H and O–H groups in total. The van der Waals surface area contributed by atoms with E-state index in [0.717, 1.165) is 0 Å². The van der Waals surface area contributed by atoms with Crippen LogP contribution in [-0.2, 0) is 16.1 Å². The fourth-order valence-corrected chi connectivity index (χ4v) is 3.21. The molecule has 0 radical (unpaired) electrons. The van der Waals surface area contributed by atoms with Gasteiger partial charge in [0, 0.05) is 19.6 Å². The minimum Gasteiger partial charge on any atom is -0.472 e. The van der Waals surface area contributed by atoms with Crippen LogP contribution >= 0.6 is 0 Å². The Bertz CT molecular complexity index is 815. The van der Waals surface area contributed by atoms with Crippen molar-refractivity contribution in [1.82, 2.24) is 10.6 Å². The topological polar surface area (TPSA) is 83.8 Å². The van der Waals surface area contributed by atoms with Crippen molar-refractivity contribution in [3.8, 4) is 0 Å². The van der Waals surface area contributed by atoms with Crippen molar-refractivity contribution < 1.29 is 23.1 Å². The number of carbonyl (C=O) groups is 2. The second kappa shape index (κ2) is 8.88. The molecule has 1 aliphatic rings. The molecule has 1 aromatic heterocycles. The number of rotatable bonds is 6. The van der Waals surface area contributed by atoms with Gasteiger partial charge in [0.15, 0.2) is 0 Å². The SMILES string of the molecule is CC1CN(c2ccc(CNC(=O)CNC(=O)c3ccoc3)cc2F)CC(C)O1. The highest BCUT2D eigenvalue weighted by molar-refractivity contribution is 5.96. The molecule has 1 fully saturated rings. The van der Waals surface area contributed by atoms with Crippen LogP contribution in [0.3, 0.4) is 0 Å². The Hall–Kier alpha value is -2.87. The number of hydrogen-bond acceptors (Lipinski definition) is 5. The van der Waals surface area contributed by atoms with E-state index in [1.54, 1.807) is 12.1 Å². The maximum Gasteiger partial charge on any atom is 0.254 e. The minimum absolute atomic E-state index is 0.0411. The number of carbonyl (C=O) groups excluding carboxylic acids is 2. The Morgan fingerprint density at radius 2 is 1.93 bits per heavy atom. The summed E-state index contributed by atoms with van der Waals surface area (Å²) >= 11 is 0. The summed E-state index contributed by atoms with van der Waals surface area (Å²) in [4.78, 5) is 25.6. The Labute approximate surface area is 162 Å². The molecule has 1 aliphatic heterocycles. The van der Waals surface area contributed by atoms with Crippen LogP contribution in [0.1, 0.15) is 29.8 Å². The van der Waals surface area contributed by atoms with E-state index < -0.39 is 5.91 Å². The lowest BCUT2D eigenvalue weighted by Crippen LogP contribution is -2.45. The summed E-state index contributed by atoms with van der Waals surface area (Å²) in [5, 5.41) is 5.15. The summed E-state index contributed by atoms with van der Waals surface area (Å²) in [5.41, 5.74) is 1.52. The third kappa shape index (κ3) is 5.10. The maximum atomic E-state index is 14.6. The van der Waals surface area contributed by atoms with Crippen LogP contribution in [0, 0.1) is 5.82 Å².